The van der Waals surface area contributed by atoms with Crippen LogP contribution in [0.25, 0.3) is 28.0 Å². The second kappa shape index (κ2) is 9.60. The van der Waals surface area contributed by atoms with Gasteiger partial charge in [0.2, 0.25) is 5.91 Å². The Morgan fingerprint density at radius 3 is 2.18 bits per heavy atom. The van der Waals surface area contributed by atoms with Crippen molar-refractivity contribution in [3.8, 4) is 17.1 Å². The number of hydrogen-bond acceptors (Lipinski definition) is 6. The van der Waals surface area contributed by atoms with Gasteiger partial charge in [-0.15, -0.1) is 11.8 Å². The number of benzene rings is 4. The molecule has 1 aliphatic heterocycles. The molecule has 9 heteroatoms. The van der Waals surface area contributed by atoms with Crippen molar-refractivity contribution < 1.29 is 9.72 Å². The molecular formula is C29H20N4O4S. The molecule has 1 amide bonds. The first-order chi connectivity index (χ1) is 18.5. The number of thioether (sulfide) groups is 1. The van der Waals surface area contributed by atoms with Gasteiger partial charge in [-0.3, -0.25) is 29.2 Å². The zero-order valence-electron chi connectivity index (χ0n) is 19.9. The molecule has 1 aliphatic rings. The summed E-state index contributed by atoms with van der Waals surface area (Å²) in [6, 6.07) is 30.3. The average Bonchev–Trinajstić information content (AvgIpc) is 3.35. The van der Waals surface area contributed by atoms with Gasteiger partial charge < -0.3 is 0 Å². The smallest absolute Gasteiger partial charge is 0.269 e. The van der Waals surface area contributed by atoms with Gasteiger partial charge >= 0.3 is 0 Å². The molecule has 0 spiro atoms. The molecule has 8 nitrogen and oxygen atoms in total. The summed E-state index contributed by atoms with van der Waals surface area (Å²) in [7, 11) is 0. The predicted octanol–water partition coefficient (Wildman–Crippen LogP) is 5.74. The molecule has 0 radical (unpaired) electrons. The third kappa shape index (κ3) is 4.12. The lowest BCUT2D eigenvalue weighted by Gasteiger charge is -2.24. The number of carbonyl (C=O) groups excluding carboxylic acids is 1. The highest BCUT2D eigenvalue weighted by Gasteiger charge is 2.34. The molecule has 1 unspecified atom stereocenters. The minimum absolute atomic E-state index is 0.00244. The van der Waals surface area contributed by atoms with E-state index in [4.69, 9.17) is 4.98 Å². The maximum atomic E-state index is 13.6. The van der Waals surface area contributed by atoms with E-state index in [1.54, 1.807) is 27.7 Å². The Labute approximate surface area is 221 Å². The molecule has 2 heterocycles. The molecule has 1 saturated heterocycles. The SMILES string of the molecule is O=C1CSC(c2ccc([N+](=O)[O-])cc2)N1c1ccc(-n2c(-c3ccccc3)nc3ccccc3c2=O)cc1. The maximum Gasteiger partial charge on any atom is 0.269 e. The summed E-state index contributed by atoms with van der Waals surface area (Å²) >= 11 is 1.47. The van der Waals surface area contributed by atoms with Crippen molar-refractivity contribution >= 4 is 39.9 Å². The summed E-state index contributed by atoms with van der Waals surface area (Å²) in [5.74, 6) is 0.773. The fraction of sp³-hybridized carbons (Fsp3) is 0.0690. The first-order valence-corrected chi connectivity index (χ1v) is 12.9. The second-order valence-corrected chi connectivity index (χ2v) is 9.82. The van der Waals surface area contributed by atoms with Crippen molar-refractivity contribution in [1.29, 1.82) is 0 Å². The highest BCUT2D eigenvalue weighted by Crippen LogP contribution is 2.42. The van der Waals surface area contributed by atoms with Crippen LogP contribution in [0.1, 0.15) is 10.9 Å². The number of hydrogen-bond donors (Lipinski definition) is 0. The van der Waals surface area contributed by atoms with Crippen LogP contribution >= 0.6 is 11.8 Å². The van der Waals surface area contributed by atoms with Crippen molar-refractivity contribution in [3.05, 3.63) is 129 Å². The highest BCUT2D eigenvalue weighted by molar-refractivity contribution is 8.00. The number of non-ortho nitro benzene ring substituents is 1. The average molecular weight is 521 g/mol. The van der Waals surface area contributed by atoms with Crippen LogP contribution in [-0.2, 0) is 4.79 Å². The number of nitrogens with zero attached hydrogens (tertiary/aromatic N) is 4. The van der Waals surface area contributed by atoms with E-state index in [9.17, 15) is 19.7 Å². The van der Waals surface area contributed by atoms with E-state index in [0.717, 1.165) is 11.1 Å². The number of fused-ring (bicyclic) bond motifs is 1. The summed E-state index contributed by atoms with van der Waals surface area (Å²) in [6.45, 7) is 0. The molecule has 38 heavy (non-hydrogen) atoms. The summed E-state index contributed by atoms with van der Waals surface area (Å²) in [5, 5.41) is 11.2. The van der Waals surface area contributed by atoms with Crippen LogP contribution in [0.3, 0.4) is 0 Å². The van der Waals surface area contributed by atoms with Crippen molar-refractivity contribution in [1.82, 2.24) is 9.55 Å². The lowest BCUT2D eigenvalue weighted by atomic mass is 10.1. The molecule has 1 aromatic heterocycles. The number of anilines is 1. The van der Waals surface area contributed by atoms with E-state index in [1.807, 2.05) is 72.8 Å². The van der Waals surface area contributed by atoms with Gasteiger partial charge in [0, 0.05) is 23.4 Å². The van der Waals surface area contributed by atoms with Crippen LogP contribution in [0.2, 0.25) is 0 Å². The molecular weight excluding hydrogens is 500 g/mol. The monoisotopic (exact) mass is 520 g/mol. The summed E-state index contributed by atoms with van der Waals surface area (Å²) in [5.41, 5.74) is 3.36. The van der Waals surface area contributed by atoms with Gasteiger partial charge in [0.15, 0.2) is 0 Å². The fourth-order valence-corrected chi connectivity index (χ4v) is 5.80. The first-order valence-electron chi connectivity index (χ1n) is 11.9. The van der Waals surface area contributed by atoms with E-state index in [1.165, 1.54) is 23.9 Å². The first kappa shape index (κ1) is 23.6. The van der Waals surface area contributed by atoms with Gasteiger partial charge in [-0.25, -0.2) is 4.98 Å². The molecule has 6 rings (SSSR count). The van der Waals surface area contributed by atoms with Crippen molar-refractivity contribution in [2.45, 2.75) is 5.37 Å². The van der Waals surface area contributed by atoms with E-state index >= 15 is 0 Å². The van der Waals surface area contributed by atoms with Crippen LogP contribution in [0, 0.1) is 10.1 Å². The van der Waals surface area contributed by atoms with E-state index in [2.05, 4.69) is 0 Å². The minimum Gasteiger partial charge on any atom is -0.295 e. The molecule has 0 aliphatic carbocycles. The van der Waals surface area contributed by atoms with E-state index < -0.39 is 4.92 Å². The maximum absolute atomic E-state index is 13.6. The number of amides is 1. The number of carbonyl (C=O) groups is 1. The highest BCUT2D eigenvalue weighted by atomic mass is 32.2. The Hall–Kier alpha value is -4.76. The molecule has 0 saturated carbocycles. The molecule has 4 aromatic carbocycles. The van der Waals surface area contributed by atoms with Crippen molar-refractivity contribution in [2.24, 2.45) is 0 Å². The molecule has 0 N–H and O–H groups in total. The Morgan fingerprint density at radius 1 is 0.816 bits per heavy atom. The molecule has 1 fully saturated rings. The Bertz CT molecular complexity index is 1740. The van der Waals surface area contributed by atoms with E-state index in [-0.39, 0.29) is 22.5 Å². The normalized spacial score (nSPS) is 15.2. The number of rotatable bonds is 5. The molecule has 0 bridgehead atoms. The zero-order chi connectivity index (χ0) is 26.2. The van der Waals surface area contributed by atoms with Gasteiger partial charge in [0.1, 0.15) is 11.2 Å². The molecule has 1 atom stereocenters. The summed E-state index contributed by atoms with van der Waals surface area (Å²) < 4.78 is 1.59. The Morgan fingerprint density at radius 2 is 1.47 bits per heavy atom. The van der Waals surface area contributed by atoms with Gasteiger partial charge in [-0.05, 0) is 54.1 Å². The van der Waals surface area contributed by atoms with Crippen LogP contribution in [0.4, 0.5) is 11.4 Å². The minimum atomic E-state index is -0.444. The number of para-hydroxylation sites is 1. The quantitative estimate of drug-likeness (QED) is 0.217. The Kier molecular flexibility index (Phi) is 5.97. The summed E-state index contributed by atoms with van der Waals surface area (Å²) in [6.07, 6.45) is 0. The van der Waals surface area contributed by atoms with Crippen molar-refractivity contribution in [2.75, 3.05) is 10.7 Å². The van der Waals surface area contributed by atoms with Gasteiger partial charge in [-0.2, -0.15) is 0 Å². The van der Waals surface area contributed by atoms with E-state index in [0.29, 0.717) is 33.9 Å². The van der Waals surface area contributed by atoms with Crippen molar-refractivity contribution in [3.63, 3.8) is 0 Å². The second-order valence-electron chi connectivity index (χ2n) is 8.75. The third-order valence-electron chi connectivity index (χ3n) is 6.45. The molecule has 186 valence electrons. The Balaban J connectivity index is 1.42. The lowest BCUT2D eigenvalue weighted by Crippen LogP contribution is -2.28. The molecule has 5 aromatic rings. The fourth-order valence-electron chi connectivity index (χ4n) is 4.63. The largest absolute Gasteiger partial charge is 0.295 e. The van der Waals surface area contributed by atoms with Gasteiger partial charge in [0.25, 0.3) is 11.2 Å². The topological polar surface area (TPSA) is 98.3 Å². The van der Waals surface area contributed by atoms with Gasteiger partial charge in [0.05, 0.1) is 27.3 Å². The lowest BCUT2D eigenvalue weighted by molar-refractivity contribution is -0.384. The standard InChI is InChI=1S/C29H20N4O4S/c34-26-18-38-29(20-10-12-23(13-11-20)33(36)37)31(26)21-14-16-22(17-15-21)32-27(19-6-2-1-3-7-19)30-25-9-5-4-8-24(25)28(32)35/h1-17,29H,18H2. The van der Waals surface area contributed by atoms with Crippen LogP contribution in [0.15, 0.2) is 108 Å². The van der Waals surface area contributed by atoms with Crippen LogP contribution in [0.5, 0.6) is 0 Å². The number of nitro groups is 1. The zero-order valence-corrected chi connectivity index (χ0v) is 20.7. The number of aromatic nitrogens is 2. The van der Waals surface area contributed by atoms with Crippen LogP contribution in [-0.4, -0.2) is 26.1 Å². The number of nitro benzene ring substituents is 1. The van der Waals surface area contributed by atoms with Gasteiger partial charge in [-0.1, -0.05) is 42.5 Å². The predicted molar refractivity (Wildman–Crippen MR) is 149 cm³/mol. The summed E-state index contributed by atoms with van der Waals surface area (Å²) in [4.78, 5) is 43.6. The van der Waals surface area contributed by atoms with Crippen LogP contribution < -0.4 is 10.5 Å². The third-order valence-corrected chi connectivity index (χ3v) is 7.66.